The molecule has 1 aliphatic rings. The van der Waals surface area contributed by atoms with Crippen molar-refractivity contribution in [2.24, 2.45) is 11.7 Å². The first-order valence-corrected chi connectivity index (χ1v) is 5.08. The van der Waals surface area contributed by atoms with Gasteiger partial charge in [-0.15, -0.1) is 0 Å². The summed E-state index contributed by atoms with van der Waals surface area (Å²) < 4.78 is 5.04. The van der Waals surface area contributed by atoms with Gasteiger partial charge in [0.05, 0.1) is 0 Å². The number of nitrogens with one attached hydrogen (secondary N) is 1. The van der Waals surface area contributed by atoms with E-state index in [0.717, 1.165) is 12.8 Å². The molecular formula is C10H18N2O3. The zero-order valence-electron chi connectivity index (χ0n) is 9.37. The normalized spacial score (nSPS) is 18.1. The second kappa shape index (κ2) is 4.08. The van der Waals surface area contributed by atoms with Crippen molar-refractivity contribution in [3.8, 4) is 0 Å². The van der Waals surface area contributed by atoms with Gasteiger partial charge >= 0.3 is 6.09 Å². The molecule has 86 valence electrons. The average Bonchev–Trinajstić information content (AvgIpc) is 2.78. The molecule has 1 fully saturated rings. The second-order valence-electron chi connectivity index (χ2n) is 4.86. The maximum Gasteiger partial charge on any atom is 0.408 e. The molecule has 1 atom stereocenters. The van der Waals surface area contributed by atoms with Crippen molar-refractivity contribution in [3.63, 3.8) is 0 Å². The number of alkyl carbamates (subject to hydrolysis) is 1. The molecule has 2 amide bonds. The molecule has 0 radical (unpaired) electrons. The van der Waals surface area contributed by atoms with Gasteiger partial charge in [-0.25, -0.2) is 4.79 Å². The van der Waals surface area contributed by atoms with Crippen LogP contribution in [0.3, 0.4) is 0 Å². The fourth-order valence-electron chi connectivity index (χ4n) is 1.29. The van der Waals surface area contributed by atoms with Crippen LogP contribution in [0.5, 0.6) is 0 Å². The van der Waals surface area contributed by atoms with Crippen molar-refractivity contribution in [3.05, 3.63) is 0 Å². The lowest BCUT2D eigenvalue weighted by Gasteiger charge is -2.22. The van der Waals surface area contributed by atoms with Gasteiger partial charge in [-0.3, -0.25) is 4.79 Å². The van der Waals surface area contributed by atoms with E-state index in [9.17, 15) is 9.59 Å². The van der Waals surface area contributed by atoms with Gasteiger partial charge in [0.25, 0.3) is 0 Å². The van der Waals surface area contributed by atoms with Gasteiger partial charge in [0.2, 0.25) is 5.91 Å². The minimum atomic E-state index is -0.585. The summed E-state index contributed by atoms with van der Waals surface area (Å²) >= 11 is 0. The summed E-state index contributed by atoms with van der Waals surface area (Å²) in [5.74, 6) is -0.307. The maximum atomic E-state index is 11.4. The fourth-order valence-corrected chi connectivity index (χ4v) is 1.29. The van der Waals surface area contributed by atoms with E-state index in [4.69, 9.17) is 10.5 Å². The number of nitrogens with two attached hydrogens (primary N) is 1. The standard InChI is InChI=1S/C10H18N2O3/c1-10(2,3)15-9(14)12-7(8(11)13)6-4-5-6/h6-7H,4-5H2,1-3H3,(H2,11,13)(H,12,14). The highest BCUT2D eigenvalue weighted by atomic mass is 16.6. The molecule has 1 saturated carbocycles. The van der Waals surface area contributed by atoms with Crippen molar-refractivity contribution in [2.75, 3.05) is 0 Å². The van der Waals surface area contributed by atoms with Crippen LogP contribution in [0, 0.1) is 5.92 Å². The summed E-state index contributed by atoms with van der Waals surface area (Å²) in [7, 11) is 0. The van der Waals surface area contributed by atoms with Crippen LogP contribution in [0.25, 0.3) is 0 Å². The van der Waals surface area contributed by atoms with E-state index in [1.54, 1.807) is 20.8 Å². The number of amides is 2. The van der Waals surface area contributed by atoms with Crippen molar-refractivity contribution >= 4 is 12.0 Å². The highest BCUT2D eigenvalue weighted by Gasteiger charge is 2.36. The maximum absolute atomic E-state index is 11.4. The summed E-state index contributed by atoms with van der Waals surface area (Å²) in [6.45, 7) is 5.30. The Morgan fingerprint density at radius 1 is 1.40 bits per heavy atom. The molecule has 5 heteroatoms. The molecule has 0 aromatic rings. The second-order valence-corrected chi connectivity index (χ2v) is 4.86. The molecule has 0 aromatic carbocycles. The first-order valence-electron chi connectivity index (χ1n) is 5.08. The van der Waals surface area contributed by atoms with Crippen LogP contribution < -0.4 is 11.1 Å². The lowest BCUT2D eigenvalue weighted by atomic mass is 10.2. The summed E-state index contributed by atoms with van der Waals surface area (Å²) in [6.07, 6.45) is 1.28. The van der Waals surface area contributed by atoms with E-state index in [1.165, 1.54) is 0 Å². The van der Waals surface area contributed by atoms with E-state index in [2.05, 4.69) is 5.32 Å². The fraction of sp³-hybridized carbons (Fsp3) is 0.800. The van der Waals surface area contributed by atoms with E-state index in [1.807, 2.05) is 0 Å². The van der Waals surface area contributed by atoms with Crippen LogP contribution in [0.1, 0.15) is 33.6 Å². The minimum absolute atomic E-state index is 0.190. The third-order valence-electron chi connectivity index (χ3n) is 2.07. The van der Waals surface area contributed by atoms with Crippen molar-refractivity contribution < 1.29 is 14.3 Å². The SMILES string of the molecule is CC(C)(C)OC(=O)NC(C(N)=O)C1CC1. The smallest absolute Gasteiger partial charge is 0.408 e. The Balaban J connectivity index is 2.44. The molecule has 0 aromatic heterocycles. The van der Waals surface area contributed by atoms with E-state index in [0.29, 0.717) is 0 Å². The Morgan fingerprint density at radius 2 is 1.93 bits per heavy atom. The predicted octanol–water partition coefficient (Wildman–Crippen LogP) is 0.775. The minimum Gasteiger partial charge on any atom is -0.444 e. The van der Waals surface area contributed by atoms with Gasteiger partial charge < -0.3 is 15.8 Å². The van der Waals surface area contributed by atoms with Gasteiger partial charge in [-0.2, -0.15) is 0 Å². The molecule has 0 bridgehead atoms. The van der Waals surface area contributed by atoms with Crippen molar-refractivity contribution in [2.45, 2.75) is 45.3 Å². The number of carbonyl (C=O) groups excluding carboxylic acids is 2. The van der Waals surface area contributed by atoms with Crippen molar-refractivity contribution in [1.82, 2.24) is 5.32 Å². The molecule has 0 saturated heterocycles. The Labute approximate surface area is 89.3 Å². The van der Waals surface area contributed by atoms with Crippen LogP contribution in [0.2, 0.25) is 0 Å². The molecule has 0 heterocycles. The lowest BCUT2D eigenvalue weighted by Crippen LogP contribution is -2.47. The number of primary amides is 1. The van der Waals surface area contributed by atoms with Gasteiger partial charge in [0.1, 0.15) is 11.6 Å². The molecule has 5 nitrogen and oxygen atoms in total. The zero-order valence-corrected chi connectivity index (χ0v) is 9.37. The summed E-state index contributed by atoms with van der Waals surface area (Å²) in [5.41, 5.74) is 4.62. The Morgan fingerprint density at radius 3 is 2.27 bits per heavy atom. The van der Waals surface area contributed by atoms with Crippen molar-refractivity contribution in [1.29, 1.82) is 0 Å². The third-order valence-corrected chi connectivity index (χ3v) is 2.07. The summed E-state index contributed by atoms with van der Waals surface area (Å²) in [4.78, 5) is 22.4. The van der Waals surface area contributed by atoms with Crippen LogP contribution in [0.15, 0.2) is 0 Å². The zero-order chi connectivity index (χ0) is 11.6. The molecule has 1 unspecified atom stereocenters. The topological polar surface area (TPSA) is 81.4 Å². The quantitative estimate of drug-likeness (QED) is 0.728. The van der Waals surface area contributed by atoms with Gasteiger partial charge in [0.15, 0.2) is 0 Å². The number of carbonyl (C=O) groups is 2. The Bertz CT molecular complexity index is 266. The number of hydrogen-bond acceptors (Lipinski definition) is 3. The van der Waals surface area contributed by atoms with Gasteiger partial charge in [-0.1, -0.05) is 0 Å². The molecule has 15 heavy (non-hydrogen) atoms. The molecule has 0 spiro atoms. The third kappa shape index (κ3) is 4.18. The van der Waals surface area contributed by atoms with E-state index < -0.39 is 23.6 Å². The van der Waals surface area contributed by atoms with Crippen LogP contribution in [0.4, 0.5) is 4.79 Å². The van der Waals surface area contributed by atoms with E-state index >= 15 is 0 Å². The Kier molecular flexibility index (Phi) is 3.21. The van der Waals surface area contributed by atoms with E-state index in [-0.39, 0.29) is 5.92 Å². The first kappa shape index (κ1) is 11.8. The molecule has 3 N–H and O–H groups in total. The summed E-state index contributed by atoms with van der Waals surface area (Å²) in [5, 5.41) is 2.50. The van der Waals surface area contributed by atoms with Crippen LogP contribution >= 0.6 is 0 Å². The largest absolute Gasteiger partial charge is 0.444 e. The molecule has 1 aliphatic carbocycles. The predicted molar refractivity (Wildman–Crippen MR) is 55.1 cm³/mol. The average molecular weight is 214 g/mol. The number of ether oxygens (including phenoxy) is 1. The van der Waals surface area contributed by atoms with Crippen LogP contribution in [-0.2, 0) is 9.53 Å². The molecular weight excluding hydrogens is 196 g/mol. The number of hydrogen-bond donors (Lipinski definition) is 2. The van der Waals surface area contributed by atoms with Gasteiger partial charge in [-0.05, 0) is 39.5 Å². The lowest BCUT2D eigenvalue weighted by molar-refractivity contribution is -0.120. The highest BCUT2D eigenvalue weighted by molar-refractivity contribution is 5.84. The number of rotatable bonds is 3. The molecule has 1 rings (SSSR count). The Hall–Kier alpha value is -1.26. The first-order chi connectivity index (χ1) is 6.79. The monoisotopic (exact) mass is 214 g/mol. The summed E-state index contributed by atoms with van der Waals surface area (Å²) in [6, 6.07) is -0.583. The van der Waals surface area contributed by atoms with Crippen LogP contribution in [-0.4, -0.2) is 23.6 Å². The van der Waals surface area contributed by atoms with Gasteiger partial charge in [0, 0.05) is 0 Å². The molecule has 0 aliphatic heterocycles. The highest BCUT2D eigenvalue weighted by Crippen LogP contribution is 2.32.